The van der Waals surface area contributed by atoms with Gasteiger partial charge in [0.1, 0.15) is 28.5 Å². The molecule has 3 nitrogen and oxygen atoms in total. The molecule has 0 N–H and O–H groups in total. The maximum Gasteiger partial charge on any atom is 0.127 e. The molecule has 0 aromatic heterocycles. The minimum absolute atomic E-state index is 0.180. The molecule has 2 aliphatic rings. The van der Waals surface area contributed by atoms with Crippen molar-refractivity contribution >= 4 is 39.8 Å². The number of methoxy groups -OCH3 is 1. The Balaban J connectivity index is 0.000000187. The summed E-state index contributed by atoms with van der Waals surface area (Å²) in [6.07, 6.45) is 4.40. The molecule has 0 atom stereocenters. The first-order valence-corrected chi connectivity index (χ1v) is 13.6. The molecule has 0 unspecified atom stereocenters. The highest BCUT2D eigenvalue weighted by atomic mass is 79.9. The van der Waals surface area contributed by atoms with Crippen LogP contribution in [0, 0.1) is 0 Å². The van der Waals surface area contributed by atoms with Gasteiger partial charge in [-0.3, -0.25) is 0 Å². The zero-order valence-electron chi connectivity index (χ0n) is 21.9. The van der Waals surface area contributed by atoms with Gasteiger partial charge < -0.3 is 14.2 Å². The van der Waals surface area contributed by atoms with Crippen molar-refractivity contribution in [2.75, 3.05) is 7.11 Å². The lowest BCUT2D eigenvalue weighted by Crippen LogP contribution is -2.31. The van der Waals surface area contributed by atoms with Crippen molar-refractivity contribution < 1.29 is 14.2 Å². The zero-order valence-corrected chi connectivity index (χ0v) is 24.3. The Kier molecular flexibility index (Phi) is 7.63. The standard InChI is InChI=1S/C19H20O2S.C12H13BrO/c1-13-11-14-12-17(9-10-18(14)21-19(13,2)3)22-16-7-5-15(20-4)6-8-16;1-8-6-9-7-10(13)4-5-11(9)14-12(8,2)3/h5-12H,1-4H3;4-7H,1-3H3. The van der Waals surface area contributed by atoms with E-state index < -0.39 is 0 Å². The van der Waals surface area contributed by atoms with Crippen molar-refractivity contribution in [1.82, 2.24) is 0 Å². The molecule has 36 heavy (non-hydrogen) atoms. The van der Waals surface area contributed by atoms with Gasteiger partial charge in [-0.25, -0.2) is 0 Å². The van der Waals surface area contributed by atoms with E-state index in [1.807, 2.05) is 24.3 Å². The second-order valence-electron chi connectivity index (χ2n) is 10.0. The van der Waals surface area contributed by atoms with Crippen molar-refractivity contribution in [1.29, 1.82) is 0 Å². The highest BCUT2D eigenvalue weighted by Crippen LogP contribution is 2.39. The molecular weight excluding hydrogens is 532 g/mol. The van der Waals surface area contributed by atoms with Crippen LogP contribution in [0.3, 0.4) is 0 Å². The molecule has 0 fully saturated rings. The first-order chi connectivity index (χ1) is 17.0. The van der Waals surface area contributed by atoms with E-state index in [0.717, 1.165) is 32.8 Å². The number of fused-ring (bicyclic) bond motifs is 2. The molecule has 188 valence electrons. The number of ether oxygens (including phenoxy) is 3. The van der Waals surface area contributed by atoms with E-state index >= 15 is 0 Å². The Morgan fingerprint density at radius 1 is 0.694 bits per heavy atom. The fourth-order valence-corrected chi connectivity index (χ4v) is 5.07. The lowest BCUT2D eigenvalue weighted by atomic mass is 9.94. The minimum atomic E-state index is -0.225. The zero-order chi connectivity index (χ0) is 26.1. The highest BCUT2D eigenvalue weighted by Gasteiger charge is 2.28. The van der Waals surface area contributed by atoms with Gasteiger partial charge in [-0.2, -0.15) is 0 Å². The summed E-state index contributed by atoms with van der Waals surface area (Å²) >= 11 is 5.19. The Bertz CT molecular complexity index is 1320. The van der Waals surface area contributed by atoms with Gasteiger partial charge in [-0.05, 0) is 126 Å². The SMILES string of the molecule is CC1=Cc2cc(Br)ccc2OC1(C)C.COc1ccc(Sc2ccc3c(c2)C=C(C)C(C)(C)O3)cc1. The Morgan fingerprint density at radius 3 is 1.75 bits per heavy atom. The molecule has 0 bridgehead atoms. The Hall–Kier alpha value is -2.63. The lowest BCUT2D eigenvalue weighted by molar-refractivity contribution is 0.145. The summed E-state index contributed by atoms with van der Waals surface area (Å²) in [6, 6.07) is 20.6. The summed E-state index contributed by atoms with van der Waals surface area (Å²) in [5, 5.41) is 0. The molecule has 2 aliphatic heterocycles. The molecule has 0 spiro atoms. The van der Waals surface area contributed by atoms with Gasteiger partial charge in [-0.1, -0.05) is 27.7 Å². The number of hydrogen-bond donors (Lipinski definition) is 0. The van der Waals surface area contributed by atoms with Gasteiger partial charge in [0.05, 0.1) is 7.11 Å². The summed E-state index contributed by atoms with van der Waals surface area (Å²) in [5.74, 6) is 2.79. The van der Waals surface area contributed by atoms with E-state index in [9.17, 15) is 0 Å². The molecule has 0 radical (unpaired) electrons. The van der Waals surface area contributed by atoms with Crippen LogP contribution >= 0.6 is 27.7 Å². The van der Waals surface area contributed by atoms with Gasteiger partial charge >= 0.3 is 0 Å². The molecule has 5 rings (SSSR count). The van der Waals surface area contributed by atoms with Crippen molar-refractivity contribution in [2.45, 2.75) is 62.5 Å². The fraction of sp³-hybridized carbons (Fsp3) is 0.290. The van der Waals surface area contributed by atoms with E-state index in [-0.39, 0.29) is 11.2 Å². The molecule has 5 heteroatoms. The maximum absolute atomic E-state index is 6.07. The molecule has 2 heterocycles. The average molecular weight is 566 g/mol. The summed E-state index contributed by atoms with van der Waals surface area (Å²) in [6.45, 7) is 12.6. The van der Waals surface area contributed by atoms with Crippen LogP contribution in [0.5, 0.6) is 17.2 Å². The van der Waals surface area contributed by atoms with Crippen LogP contribution in [0.1, 0.15) is 52.7 Å². The summed E-state index contributed by atoms with van der Waals surface area (Å²) < 4.78 is 18.2. The molecular formula is C31H33BrO3S. The van der Waals surface area contributed by atoms with Crippen LogP contribution in [0.4, 0.5) is 0 Å². The lowest BCUT2D eigenvalue weighted by Gasteiger charge is -2.32. The minimum Gasteiger partial charge on any atom is -0.497 e. The quantitative estimate of drug-likeness (QED) is 0.316. The summed E-state index contributed by atoms with van der Waals surface area (Å²) in [5.41, 5.74) is 4.39. The predicted molar refractivity (Wildman–Crippen MR) is 154 cm³/mol. The van der Waals surface area contributed by atoms with Crippen LogP contribution in [-0.4, -0.2) is 18.3 Å². The first-order valence-electron chi connectivity index (χ1n) is 12.0. The second-order valence-corrected chi connectivity index (χ2v) is 12.1. The number of halogens is 1. The molecule has 3 aromatic rings. The molecule has 0 saturated heterocycles. The molecule has 0 saturated carbocycles. The van der Waals surface area contributed by atoms with Crippen LogP contribution in [-0.2, 0) is 0 Å². The van der Waals surface area contributed by atoms with E-state index in [1.165, 1.54) is 20.9 Å². The van der Waals surface area contributed by atoms with Gasteiger partial charge in [-0.15, -0.1) is 0 Å². The van der Waals surface area contributed by atoms with Crippen molar-refractivity contribution in [3.05, 3.63) is 87.4 Å². The Morgan fingerprint density at radius 2 is 1.19 bits per heavy atom. The third-order valence-corrected chi connectivity index (χ3v) is 8.11. The third kappa shape index (κ3) is 6.01. The van der Waals surface area contributed by atoms with Crippen molar-refractivity contribution in [3.63, 3.8) is 0 Å². The van der Waals surface area contributed by atoms with Gasteiger partial charge in [0, 0.05) is 25.4 Å². The van der Waals surface area contributed by atoms with Crippen LogP contribution in [0.2, 0.25) is 0 Å². The number of rotatable bonds is 3. The van der Waals surface area contributed by atoms with E-state index in [1.54, 1.807) is 18.9 Å². The van der Waals surface area contributed by atoms with Gasteiger partial charge in [0.2, 0.25) is 0 Å². The molecule has 0 aliphatic carbocycles. The fourth-order valence-electron chi connectivity index (χ4n) is 3.83. The number of benzene rings is 3. The van der Waals surface area contributed by atoms with Crippen LogP contribution in [0.25, 0.3) is 12.2 Å². The normalized spacial score (nSPS) is 16.6. The molecule has 0 amide bonds. The van der Waals surface area contributed by atoms with E-state index in [4.69, 9.17) is 14.2 Å². The van der Waals surface area contributed by atoms with Gasteiger partial charge in [0.25, 0.3) is 0 Å². The van der Waals surface area contributed by atoms with Crippen molar-refractivity contribution in [2.24, 2.45) is 0 Å². The summed E-state index contributed by atoms with van der Waals surface area (Å²) in [7, 11) is 1.68. The van der Waals surface area contributed by atoms with Crippen molar-refractivity contribution in [3.8, 4) is 17.2 Å². The van der Waals surface area contributed by atoms with Gasteiger partial charge in [0.15, 0.2) is 0 Å². The van der Waals surface area contributed by atoms with Crippen LogP contribution in [0.15, 0.2) is 86.1 Å². The second kappa shape index (κ2) is 10.4. The summed E-state index contributed by atoms with van der Waals surface area (Å²) in [4.78, 5) is 2.40. The van der Waals surface area contributed by atoms with E-state index in [0.29, 0.717) is 0 Å². The predicted octanol–water partition coefficient (Wildman–Crippen LogP) is 9.44. The highest BCUT2D eigenvalue weighted by molar-refractivity contribution is 9.10. The maximum atomic E-state index is 6.07. The Labute approximate surface area is 227 Å². The number of hydrogen-bond acceptors (Lipinski definition) is 4. The average Bonchev–Trinajstić information content (AvgIpc) is 2.82. The third-order valence-electron chi connectivity index (χ3n) is 6.62. The smallest absolute Gasteiger partial charge is 0.127 e. The molecule has 3 aromatic carbocycles. The monoisotopic (exact) mass is 564 g/mol. The first kappa shape index (κ1) is 26.4. The van der Waals surface area contributed by atoms with E-state index in [2.05, 4.69) is 106 Å². The van der Waals surface area contributed by atoms with Crippen LogP contribution < -0.4 is 14.2 Å². The largest absolute Gasteiger partial charge is 0.497 e. The topological polar surface area (TPSA) is 27.7 Å².